The minimum absolute atomic E-state index is 0.0661. The van der Waals surface area contributed by atoms with Crippen LogP contribution in [0.4, 0.5) is 0 Å². The molecule has 1 aliphatic rings. The van der Waals surface area contributed by atoms with Crippen LogP contribution in [0.3, 0.4) is 0 Å². The van der Waals surface area contributed by atoms with Crippen molar-refractivity contribution in [2.75, 3.05) is 0 Å². The SMILES string of the molecule is CC1=C(C(=O)OC(C)(C)C)[C@H](c2cc3cc(C)c(C)cc3nc2Cl)C(C#N)=C(N)O1. The Morgan fingerprint density at radius 3 is 2.47 bits per heavy atom. The Morgan fingerprint density at radius 2 is 1.87 bits per heavy atom. The number of aryl methyl sites for hydroxylation is 2. The Labute approximate surface area is 180 Å². The van der Waals surface area contributed by atoms with Crippen molar-refractivity contribution in [2.45, 2.75) is 53.1 Å². The third-order valence-electron chi connectivity index (χ3n) is 4.95. The largest absolute Gasteiger partial charge is 0.456 e. The van der Waals surface area contributed by atoms with Crippen LogP contribution in [0.2, 0.25) is 5.15 Å². The summed E-state index contributed by atoms with van der Waals surface area (Å²) in [6.07, 6.45) is 0. The lowest BCUT2D eigenvalue weighted by molar-refractivity contribution is -0.150. The molecule has 0 fully saturated rings. The predicted octanol–water partition coefficient (Wildman–Crippen LogP) is 4.93. The molecular formula is C23H24ClN3O3. The van der Waals surface area contributed by atoms with Crippen LogP contribution in [-0.2, 0) is 14.3 Å². The highest BCUT2D eigenvalue weighted by atomic mass is 35.5. The summed E-state index contributed by atoms with van der Waals surface area (Å²) in [6, 6.07) is 7.86. The minimum Gasteiger partial charge on any atom is -0.456 e. The zero-order valence-corrected chi connectivity index (χ0v) is 18.6. The summed E-state index contributed by atoms with van der Waals surface area (Å²) >= 11 is 6.55. The van der Waals surface area contributed by atoms with Gasteiger partial charge in [0.15, 0.2) is 0 Å². The van der Waals surface area contributed by atoms with Crippen LogP contribution < -0.4 is 5.73 Å². The molecule has 0 unspecified atom stereocenters. The number of carbonyl (C=O) groups excluding carboxylic acids is 1. The maximum absolute atomic E-state index is 13.1. The van der Waals surface area contributed by atoms with Crippen molar-refractivity contribution in [1.29, 1.82) is 5.26 Å². The van der Waals surface area contributed by atoms with Gasteiger partial charge in [0.1, 0.15) is 28.2 Å². The molecule has 0 spiro atoms. The zero-order chi connectivity index (χ0) is 22.4. The number of hydrogen-bond donors (Lipinski definition) is 1. The molecule has 2 aromatic rings. The number of nitriles is 1. The number of nitrogens with zero attached hydrogens (tertiary/aromatic N) is 2. The molecule has 0 bridgehead atoms. The van der Waals surface area contributed by atoms with Crippen LogP contribution in [0.5, 0.6) is 0 Å². The number of carbonyl (C=O) groups is 1. The first kappa shape index (κ1) is 21.7. The fraction of sp³-hybridized carbons (Fsp3) is 0.348. The second-order valence-electron chi connectivity index (χ2n) is 8.39. The van der Waals surface area contributed by atoms with Crippen molar-refractivity contribution in [3.63, 3.8) is 0 Å². The number of hydrogen-bond acceptors (Lipinski definition) is 6. The van der Waals surface area contributed by atoms with Crippen molar-refractivity contribution in [2.24, 2.45) is 5.73 Å². The highest BCUT2D eigenvalue weighted by Gasteiger charge is 2.39. The molecule has 7 heteroatoms. The standard InChI is InChI=1S/C23H24ClN3O3/c1-11-7-14-9-15(20(24)27-17(14)8-12(11)2)19-16(10-25)21(26)29-13(3)18(19)22(28)30-23(4,5)6/h7-9,19H,26H2,1-6H3/t19-/m1/s1. The normalized spacial score (nSPS) is 17.1. The van der Waals surface area contributed by atoms with Crippen LogP contribution in [0.1, 0.15) is 50.3 Å². The Kier molecular flexibility index (Phi) is 5.53. The van der Waals surface area contributed by atoms with Gasteiger partial charge >= 0.3 is 5.97 Å². The number of rotatable bonds is 2. The van der Waals surface area contributed by atoms with E-state index in [0.29, 0.717) is 5.56 Å². The first-order valence-corrected chi connectivity index (χ1v) is 9.90. The third-order valence-corrected chi connectivity index (χ3v) is 5.25. The zero-order valence-electron chi connectivity index (χ0n) is 17.9. The van der Waals surface area contributed by atoms with E-state index in [1.807, 2.05) is 32.0 Å². The van der Waals surface area contributed by atoms with Gasteiger partial charge in [0.2, 0.25) is 5.88 Å². The van der Waals surface area contributed by atoms with E-state index < -0.39 is 17.5 Å². The van der Waals surface area contributed by atoms with Gasteiger partial charge in [-0.25, -0.2) is 9.78 Å². The third kappa shape index (κ3) is 3.99. The van der Waals surface area contributed by atoms with E-state index in [9.17, 15) is 10.1 Å². The first-order valence-electron chi connectivity index (χ1n) is 9.52. The van der Waals surface area contributed by atoms with E-state index in [1.54, 1.807) is 27.7 Å². The van der Waals surface area contributed by atoms with Crippen LogP contribution in [0.25, 0.3) is 10.9 Å². The summed E-state index contributed by atoms with van der Waals surface area (Å²) in [6.45, 7) is 10.9. The van der Waals surface area contributed by atoms with Crippen molar-refractivity contribution in [1.82, 2.24) is 4.98 Å². The summed E-state index contributed by atoms with van der Waals surface area (Å²) < 4.78 is 11.1. The number of benzene rings is 1. The molecule has 0 amide bonds. The highest BCUT2D eigenvalue weighted by Crippen LogP contribution is 2.43. The lowest BCUT2D eigenvalue weighted by atomic mass is 9.83. The Balaban J connectivity index is 2.26. The number of pyridine rings is 1. The lowest BCUT2D eigenvalue weighted by Gasteiger charge is -2.29. The fourth-order valence-electron chi connectivity index (χ4n) is 3.43. The van der Waals surface area contributed by atoms with E-state index >= 15 is 0 Å². The first-order chi connectivity index (χ1) is 13.9. The molecule has 30 heavy (non-hydrogen) atoms. The maximum Gasteiger partial charge on any atom is 0.338 e. The minimum atomic E-state index is -0.843. The second kappa shape index (κ2) is 7.66. The summed E-state index contributed by atoms with van der Waals surface area (Å²) in [5.41, 5.74) is 8.95. The van der Waals surface area contributed by atoms with Gasteiger partial charge in [-0.1, -0.05) is 11.6 Å². The number of fused-ring (bicyclic) bond motifs is 1. The Hall–Kier alpha value is -3.04. The summed E-state index contributed by atoms with van der Waals surface area (Å²) in [5.74, 6) is -1.24. The van der Waals surface area contributed by atoms with Gasteiger partial charge in [-0.15, -0.1) is 0 Å². The molecule has 1 aromatic carbocycles. The molecule has 0 saturated heterocycles. The Morgan fingerprint density at radius 1 is 1.23 bits per heavy atom. The fourth-order valence-corrected chi connectivity index (χ4v) is 3.68. The number of allylic oxidation sites excluding steroid dienone is 2. The van der Waals surface area contributed by atoms with Crippen molar-refractivity contribution in [3.8, 4) is 6.07 Å². The molecule has 3 rings (SSSR count). The smallest absolute Gasteiger partial charge is 0.338 e. The van der Waals surface area contributed by atoms with Crippen molar-refractivity contribution in [3.05, 3.63) is 62.8 Å². The number of ether oxygens (including phenoxy) is 2. The van der Waals surface area contributed by atoms with Gasteiger partial charge < -0.3 is 15.2 Å². The average molecular weight is 426 g/mol. The van der Waals surface area contributed by atoms with Gasteiger partial charge in [0.25, 0.3) is 0 Å². The van der Waals surface area contributed by atoms with Gasteiger partial charge in [0.05, 0.1) is 17.0 Å². The van der Waals surface area contributed by atoms with E-state index in [-0.39, 0.29) is 27.9 Å². The topological polar surface area (TPSA) is 98.2 Å². The van der Waals surface area contributed by atoms with Crippen LogP contribution in [0.15, 0.2) is 41.0 Å². The molecule has 0 radical (unpaired) electrons. The molecule has 1 atom stereocenters. The highest BCUT2D eigenvalue weighted by molar-refractivity contribution is 6.30. The maximum atomic E-state index is 13.1. The van der Waals surface area contributed by atoms with Gasteiger partial charge in [-0.05, 0) is 70.9 Å². The predicted molar refractivity (Wildman–Crippen MR) is 115 cm³/mol. The van der Waals surface area contributed by atoms with Crippen LogP contribution in [-0.4, -0.2) is 16.6 Å². The van der Waals surface area contributed by atoms with Crippen LogP contribution >= 0.6 is 11.6 Å². The van der Waals surface area contributed by atoms with E-state index in [0.717, 1.165) is 22.0 Å². The lowest BCUT2D eigenvalue weighted by Crippen LogP contribution is -2.30. The molecule has 0 saturated carbocycles. The summed E-state index contributed by atoms with van der Waals surface area (Å²) in [7, 11) is 0. The van der Waals surface area contributed by atoms with E-state index in [2.05, 4.69) is 11.1 Å². The van der Waals surface area contributed by atoms with Crippen molar-refractivity contribution >= 4 is 28.5 Å². The average Bonchev–Trinajstić information content (AvgIpc) is 2.60. The molecule has 6 nitrogen and oxygen atoms in total. The number of halogens is 1. The van der Waals surface area contributed by atoms with Gasteiger partial charge in [-0.2, -0.15) is 5.26 Å². The molecule has 2 N–H and O–H groups in total. The number of esters is 1. The second-order valence-corrected chi connectivity index (χ2v) is 8.75. The van der Waals surface area contributed by atoms with E-state index in [1.165, 1.54) is 0 Å². The molecular weight excluding hydrogens is 402 g/mol. The van der Waals surface area contributed by atoms with E-state index in [4.69, 9.17) is 26.8 Å². The summed E-state index contributed by atoms with van der Waals surface area (Å²) in [4.78, 5) is 17.6. The molecule has 1 aromatic heterocycles. The summed E-state index contributed by atoms with van der Waals surface area (Å²) in [5, 5.41) is 10.8. The Bertz CT molecular complexity index is 1170. The molecule has 0 aliphatic carbocycles. The van der Waals surface area contributed by atoms with Crippen LogP contribution in [0, 0.1) is 25.2 Å². The van der Waals surface area contributed by atoms with Crippen molar-refractivity contribution < 1.29 is 14.3 Å². The van der Waals surface area contributed by atoms with Gasteiger partial charge in [-0.3, -0.25) is 0 Å². The van der Waals surface area contributed by atoms with Gasteiger partial charge in [0, 0.05) is 10.9 Å². The number of aromatic nitrogens is 1. The monoisotopic (exact) mass is 425 g/mol. The molecule has 2 heterocycles. The molecule has 1 aliphatic heterocycles. The number of nitrogens with two attached hydrogens (primary N) is 1. The molecule has 156 valence electrons. The quantitative estimate of drug-likeness (QED) is 0.541.